The molecule has 0 atom stereocenters. The number of rotatable bonds is 5. The highest BCUT2D eigenvalue weighted by atomic mass is 15.1. The van der Waals surface area contributed by atoms with Gasteiger partial charge < -0.3 is 5.32 Å². The van der Waals surface area contributed by atoms with Gasteiger partial charge in [-0.25, -0.2) is 4.98 Å². The minimum atomic E-state index is 1.00. The van der Waals surface area contributed by atoms with E-state index in [2.05, 4.69) is 34.3 Å². The standard InChI is InChI=1S/C14H23N3/c1-2-7-15-14-11-13(6-8-16-14)12-17-9-4-3-5-10-17/h6,8,11H,2-5,7,9-10,12H2,1H3,(H,15,16). The molecule has 0 amide bonds. The second kappa shape index (κ2) is 6.60. The molecule has 0 unspecified atom stereocenters. The van der Waals surface area contributed by atoms with Crippen molar-refractivity contribution in [1.29, 1.82) is 0 Å². The lowest BCUT2D eigenvalue weighted by atomic mass is 10.1. The summed E-state index contributed by atoms with van der Waals surface area (Å²) in [5, 5.41) is 3.34. The van der Waals surface area contributed by atoms with Crippen LogP contribution in [0.15, 0.2) is 18.3 Å². The zero-order valence-electron chi connectivity index (χ0n) is 10.8. The van der Waals surface area contributed by atoms with Crippen LogP contribution >= 0.6 is 0 Å². The molecule has 1 aliphatic heterocycles. The molecule has 94 valence electrons. The molecule has 0 radical (unpaired) electrons. The summed E-state index contributed by atoms with van der Waals surface area (Å²) in [4.78, 5) is 6.88. The third-order valence-electron chi connectivity index (χ3n) is 3.24. The van der Waals surface area contributed by atoms with Crippen LogP contribution in [0.3, 0.4) is 0 Å². The molecule has 17 heavy (non-hydrogen) atoms. The van der Waals surface area contributed by atoms with Crippen molar-refractivity contribution in [3.05, 3.63) is 23.9 Å². The number of piperidine rings is 1. The van der Waals surface area contributed by atoms with E-state index in [1.165, 1.54) is 37.9 Å². The fourth-order valence-electron chi connectivity index (χ4n) is 2.30. The van der Waals surface area contributed by atoms with Gasteiger partial charge in [-0.05, 0) is 50.0 Å². The maximum Gasteiger partial charge on any atom is 0.126 e. The van der Waals surface area contributed by atoms with Crippen LogP contribution in [0.25, 0.3) is 0 Å². The van der Waals surface area contributed by atoms with Gasteiger partial charge in [0.1, 0.15) is 5.82 Å². The molecule has 3 heteroatoms. The van der Waals surface area contributed by atoms with Crippen molar-refractivity contribution in [2.75, 3.05) is 25.0 Å². The van der Waals surface area contributed by atoms with E-state index in [1.54, 1.807) is 0 Å². The second-order valence-corrected chi connectivity index (χ2v) is 4.81. The highest BCUT2D eigenvalue weighted by molar-refractivity contribution is 5.37. The van der Waals surface area contributed by atoms with Gasteiger partial charge in [-0.2, -0.15) is 0 Å². The van der Waals surface area contributed by atoms with Crippen molar-refractivity contribution in [2.24, 2.45) is 0 Å². The third kappa shape index (κ3) is 4.00. The molecular weight excluding hydrogens is 210 g/mol. The van der Waals surface area contributed by atoms with Crippen molar-refractivity contribution in [3.63, 3.8) is 0 Å². The number of likely N-dealkylation sites (tertiary alicyclic amines) is 1. The predicted octanol–water partition coefficient (Wildman–Crippen LogP) is 2.89. The highest BCUT2D eigenvalue weighted by Gasteiger charge is 2.10. The summed E-state index contributed by atoms with van der Waals surface area (Å²) in [5.41, 5.74) is 1.38. The second-order valence-electron chi connectivity index (χ2n) is 4.81. The lowest BCUT2D eigenvalue weighted by Crippen LogP contribution is -2.29. The molecule has 1 saturated heterocycles. The number of hydrogen-bond acceptors (Lipinski definition) is 3. The summed E-state index contributed by atoms with van der Waals surface area (Å²) in [6.45, 7) is 6.74. The SMILES string of the molecule is CCCNc1cc(CN2CCCCC2)ccn1. The van der Waals surface area contributed by atoms with Crippen LogP contribution in [0.2, 0.25) is 0 Å². The molecule has 1 aliphatic rings. The van der Waals surface area contributed by atoms with Gasteiger partial charge in [-0.15, -0.1) is 0 Å². The maximum atomic E-state index is 4.34. The number of anilines is 1. The molecule has 0 spiro atoms. The normalized spacial score (nSPS) is 17.0. The Morgan fingerprint density at radius 1 is 1.29 bits per heavy atom. The molecular formula is C14H23N3. The minimum Gasteiger partial charge on any atom is -0.370 e. The number of pyridine rings is 1. The average Bonchev–Trinajstić information content (AvgIpc) is 2.38. The summed E-state index contributed by atoms with van der Waals surface area (Å²) in [7, 11) is 0. The van der Waals surface area contributed by atoms with Gasteiger partial charge in [0.15, 0.2) is 0 Å². The summed E-state index contributed by atoms with van der Waals surface area (Å²) in [5.74, 6) is 1.02. The molecule has 0 saturated carbocycles. The van der Waals surface area contributed by atoms with Gasteiger partial charge in [0, 0.05) is 19.3 Å². The zero-order valence-corrected chi connectivity index (χ0v) is 10.8. The Morgan fingerprint density at radius 3 is 2.88 bits per heavy atom. The molecule has 3 nitrogen and oxygen atoms in total. The Morgan fingerprint density at radius 2 is 2.12 bits per heavy atom. The van der Waals surface area contributed by atoms with Crippen molar-refractivity contribution in [3.8, 4) is 0 Å². The van der Waals surface area contributed by atoms with E-state index < -0.39 is 0 Å². The van der Waals surface area contributed by atoms with E-state index in [0.717, 1.165) is 25.3 Å². The first-order valence-corrected chi connectivity index (χ1v) is 6.79. The summed E-state index contributed by atoms with van der Waals surface area (Å²) >= 11 is 0. The summed E-state index contributed by atoms with van der Waals surface area (Å²) in [6, 6.07) is 4.32. The quantitative estimate of drug-likeness (QED) is 0.847. The predicted molar refractivity (Wildman–Crippen MR) is 72.1 cm³/mol. The fraction of sp³-hybridized carbons (Fsp3) is 0.643. The zero-order chi connectivity index (χ0) is 11.9. The minimum absolute atomic E-state index is 1.00. The van der Waals surface area contributed by atoms with E-state index in [4.69, 9.17) is 0 Å². The van der Waals surface area contributed by atoms with Crippen LogP contribution in [0.5, 0.6) is 0 Å². The first-order valence-electron chi connectivity index (χ1n) is 6.79. The van der Waals surface area contributed by atoms with Crippen molar-refractivity contribution in [2.45, 2.75) is 39.2 Å². The van der Waals surface area contributed by atoms with E-state index in [-0.39, 0.29) is 0 Å². The molecule has 0 aromatic carbocycles. The van der Waals surface area contributed by atoms with Crippen LogP contribution in [-0.2, 0) is 6.54 Å². The first kappa shape index (κ1) is 12.4. The van der Waals surface area contributed by atoms with Crippen LogP contribution in [0.1, 0.15) is 38.2 Å². The first-order chi connectivity index (χ1) is 8.38. The van der Waals surface area contributed by atoms with Gasteiger partial charge in [0.05, 0.1) is 0 Å². The molecule has 0 bridgehead atoms. The van der Waals surface area contributed by atoms with Gasteiger partial charge in [-0.3, -0.25) is 4.90 Å². The molecule has 1 N–H and O–H groups in total. The van der Waals surface area contributed by atoms with Crippen molar-refractivity contribution >= 4 is 5.82 Å². The van der Waals surface area contributed by atoms with Gasteiger partial charge in [-0.1, -0.05) is 13.3 Å². The van der Waals surface area contributed by atoms with Crippen molar-refractivity contribution < 1.29 is 0 Å². The summed E-state index contributed by atoms with van der Waals surface area (Å²) in [6.07, 6.45) is 7.16. The van der Waals surface area contributed by atoms with Crippen LogP contribution < -0.4 is 5.32 Å². The topological polar surface area (TPSA) is 28.2 Å². The Labute approximate surface area is 104 Å². The lowest BCUT2D eigenvalue weighted by Gasteiger charge is -2.26. The van der Waals surface area contributed by atoms with Crippen LogP contribution in [0.4, 0.5) is 5.82 Å². The van der Waals surface area contributed by atoms with Crippen LogP contribution in [0, 0.1) is 0 Å². The van der Waals surface area contributed by atoms with E-state index >= 15 is 0 Å². The van der Waals surface area contributed by atoms with E-state index in [0.29, 0.717) is 0 Å². The molecule has 1 aromatic heterocycles. The molecule has 0 aliphatic carbocycles. The highest BCUT2D eigenvalue weighted by Crippen LogP contribution is 2.14. The molecule has 2 rings (SSSR count). The third-order valence-corrected chi connectivity index (χ3v) is 3.24. The van der Waals surface area contributed by atoms with Gasteiger partial charge >= 0.3 is 0 Å². The van der Waals surface area contributed by atoms with Gasteiger partial charge in [0.2, 0.25) is 0 Å². The Hall–Kier alpha value is -1.09. The number of aromatic nitrogens is 1. The summed E-state index contributed by atoms with van der Waals surface area (Å²) < 4.78 is 0. The van der Waals surface area contributed by atoms with E-state index in [9.17, 15) is 0 Å². The van der Waals surface area contributed by atoms with E-state index in [1.807, 2.05) is 6.20 Å². The number of nitrogens with zero attached hydrogens (tertiary/aromatic N) is 2. The molecule has 1 fully saturated rings. The number of hydrogen-bond donors (Lipinski definition) is 1. The Balaban J connectivity index is 1.90. The number of nitrogens with one attached hydrogen (secondary N) is 1. The largest absolute Gasteiger partial charge is 0.370 e. The Bertz CT molecular complexity index is 332. The maximum absolute atomic E-state index is 4.34. The van der Waals surface area contributed by atoms with Crippen molar-refractivity contribution in [1.82, 2.24) is 9.88 Å². The Kier molecular flexibility index (Phi) is 4.80. The van der Waals surface area contributed by atoms with Crippen LogP contribution in [-0.4, -0.2) is 29.5 Å². The lowest BCUT2D eigenvalue weighted by molar-refractivity contribution is 0.221. The monoisotopic (exact) mass is 233 g/mol. The van der Waals surface area contributed by atoms with Gasteiger partial charge in [0.25, 0.3) is 0 Å². The fourth-order valence-corrected chi connectivity index (χ4v) is 2.30. The average molecular weight is 233 g/mol. The smallest absolute Gasteiger partial charge is 0.126 e. The molecule has 2 heterocycles. The molecule has 1 aromatic rings.